The molecule has 4 heteroatoms. The Kier molecular flexibility index (Phi) is 4.63. The number of rotatable bonds is 2. The number of aryl methyl sites for hydroxylation is 2. The van der Waals surface area contributed by atoms with Crippen LogP contribution in [0.3, 0.4) is 0 Å². The molecular weight excluding hydrogens is 332 g/mol. The molecule has 4 nitrogen and oxygen atoms in total. The standard InChI is InChI=1S/C23H24N4/c1-15-12-17(13-24)9-10-19(15)22-16(2)20-7-4-8-21(23(20)26-25-22)18-6-5-11-27(3)14-18/h4,7-10,12,18H,5-6,11,14H2,1-3H3/t18-/m0/s1. The van der Waals surface area contributed by atoms with Crippen LogP contribution in [0.2, 0.25) is 0 Å². The molecule has 0 radical (unpaired) electrons. The van der Waals surface area contributed by atoms with Gasteiger partial charge in [0.2, 0.25) is 0 Å². The lowest BCUT2D eigenvalue weighted by Crippen LogP contribution is -2.31. The molecule has 4 rings (SSSR count). The predicted molar refractivity (Wildman–Crippen MR) is 109 cm³/mol. The van der Waals surface area contributed by atoms with E-state index in [0.717, 1.165) is 34.4 Å². The maximum Gasteiger partial charge on any atom is 0.0991 e. The second-order valence-electron chi connectivity index (χ2n) is 7.66. The zero-order chi connectivity index (χ0) is 19.0. The number of hydrogen-bond acceptors (Lipinski definition) is 4. The zero-order valence-corrected chi connectivity index (χ0v) is 16.2. The highest BCUT2D eigenvalue weighted by Crippen LogP contribution is 2.34. The van der Waals surface area contributed by atoms with Gasteiger partial charge < -0.3 is 4.90 Å². The molecule has 1 aromatic heterocycles. The molecule has 0 amide bonds. The summed E-state index contributed by atoms with van der Waals surface area (Å²) in [6.45, 7) is 6.40. The number of nitrogens with zero attached hydrogens (tertiary/aromatic N) is 4. The van der Waals surface area contributed by atoms with E-state index in [9.17, 15) is 0 Å². The van der Waals surface area contributed by atoms with Crippen LogP contribution >= 0.6 is 0 Å². The number of likely N-dealkylation sites (N-methyl/N-ethyl adjacent to an activating group) is 1. The molecule has 2 aromatic carbocycles. The molecule has 0 bridgehead atoms. The number of fused-ring (bicyclic) bond motifs is 1. The van der Waals surface area contributed by atoms with Gasteiger partial charge in [-0.1, -0.05) is 24.3 Å². The maximum atomic E-state index is 9.11. The summed E-state index contributed by atoms with van der Waals surface area (Å²) >= 11 is 0. The molecule has 0 N–H and O–H groups in total. The van der Waals surface area contributed by atoms with Crippen molar-refractivity contribution >= 4 is 10.9 Å². The van der Waals surface area contributed by atoms with Crippen LogP contribution in [-0.4, -0.2) is 35.2 Å². The van der Waals surface area contributed by atoms with Gasteiger partial charge in [-0.15, -0.1) is 10.2 Å². The van der Waals surface area contributed by atoms with Crippen LogP contribution in [0.4, 0.5) is 0 Å². The first-order chi connectivity index (χ1) is 13.1. The predicted octanol–water partition coefficient (Wildman–Crippen LogP) is 4.59. The van der Waals surface area contributed by atoms with E-state index in [0.29, 0.717) is 11.5 Å². The van der Waals surface area contributed by atoms with Gasteiger partial charge in [-0.05, 0) is 75.0 Å². The van der Waals surface area contributed by atoms with Crippen LogP contribution < -0.4 is 0 Å². The lowest BCUT2D eigenvalue weighted by Gasteiger charge is -2.30. The van der Waals surface area contributed by atoms with Crippen LogP contribution in [0, 0.1) is 25.2 Å². The first-order valence-electron chi connectivity index (χ1n) is 9.54. The van der Waals surface area contributed by atoms with Crippen LogP contribution in [0.25, 0.3) is 22.2 Å². The molecule has 0 spiro atoms. The summed E-state index contributed by atoms with van der Waals surface area (Å²) in [7, 11) is 2.19. The fourth-order valence-corrected chi connectivity index (χ4v) is 4.28. The molecule has 1 saturated heterocycles. The summed E-state index contributed by atoms with van der Waals surface area (Å²) in [6, 6.07) is 14.5. The molecule has 27 heavy (non-hydrogen) atoms. The minimum absolute atomic E-state index is 0.517. The van der Waals surface area contributed by atoms with Crippen LogP contribution in [0.1, 0.15) is 41.0 Å². The van der Waals surface area contributed by atoms with Gasteiger partial charge in [0.05, 0.1) is 22.8 Å². The van der Waals surface area contributed by atoms with E-state index in [1.165, 1.54) is 30.3 Å². The van der Waals surface area contributed by atoms with E-state index < -0.39 is 0 Å². The highest BCUT2D eigenvalue weighted by atomic mass is 15.1. The molecule has 136 valence electrons. The van der Waals surface area contributed by atoms with E-state index in [2.05, 4.69) is 53.3 Å². The topological polar surface area (TPSA) is 52.8 Å². The molecule has 2 heterocycles. The summed E-state index contributed by atoms with van der Waals surface area (Å²) < 4.78 is 0. The quantitative estimate of drug-likeness (QED) is 0.674. The summed E-state index contributed by atoms with van der Waals surface area (Å²) in [4.78, 5) is 2.40. The van der Waals surface area contributed by atoms with Crippen LogP contribution in [-0.2, 0) is 0 Å². The minimum atomic E-state index is 0.517. The van der Waals surface area contributed by atoms with E-state index in [1.807, 2.05) is 25.1 Å². The third kappa shape index (κ3) is 3.20. The van der Waals surface area contributed by atoms with Gasteiger partial charge in [0.15, 0.2) is 0 Å². The first kappa shape index (κ1) is 17.6. The Labute approximate surface area is 160 Å². The third-order valence-corrected chi connectivity index (χ3v) is 5.75. The molecule has 1 atom stereocenters. The molecule has 1 fully saturated rings. The number of benzene rings is 2. The Balaban J connectivity index is 1.83. The highest BCUT2D eigenvalue weighted by molar-refractivity contribution is 5.89. The molecule has 0 unspecified atom stereocenters. The number of likely N-dealkylation sites (tertiary alicyclic amines) is 1. The average molecular weight is 356 g/mol. The van der Waals surface area contributed by atoms with Gasteiger partial charge in [0, 0.05) is 17.5 Å². The zero-order valence-electron chi connectivity index (χ0n) is 16.2. The SMILES string of the molecule is Cc1cc(C#N)ccc1-c1nnc2c([C@H]3CCCN(C)C3)cccc2c1C. The first-order valence-corrected chi connectivity index (χ1v) is 9.54. The van der Waals surface area contributed by atoms with Gasteiger partial charge in [-0.2, -0.15) is 5.26 Å². The smallest absolute Gasteiger partial charge is 0.0991 e. The number of nitriles is 1. The van der Waals surface area contributed by atoms with Gasteiger partial charge in [-0.3, -0.25) is 0 Å². The third-order valence-electron chi connectivity index (χ3n) is 5.75. The summed E-state index contributed by atoms with van der Waals surface area (Å²) in [5, 5.41) is 19.6. The average Bonchev–Trinajstić information content (AvgIpc) is 2.68. The summed E-state index contributed by atoms with van der Waals surface area (Å²) in [6.07, 6.45) is 2.44. The normalized spacial score (nSPS) is 17.8. The molecular formula is C23H24N4. The Morgan fingerprint density at radius 3 is 2.74 bits per heavy atom. The largest absolute Gasteiger partial charge is 0.306 e. The van der Waals surface area contributed by atoms with Gasteiger partial charge in [-0.25, -0.2) is 0 Å². The van der Waals surface area contributed by atoms with Crippen molar-refractivity contribution < 1.29 is 0 Å². The number of hydrogen-bond donors (Lipinski definition) is 0. The van der Waals surface area contributed by atoms with Crippen molar-refractivity contribution in [3.63, 3.8) is 0 Å². The Morgan fingerprint density at radius 2 is 2.00 bits per heavy atom. The summed E-state index contributed by atoms with van der Waals surface area (Å²) in [5.74, 6) is 0.517. The lowest BCUT2D eigenvalue weighted by molar-refractivity contribution is 0.251. The minimum Gasteiger partial charge on any atom is -0.306 e. The van der Waals surface area contributed by atoms with E-state index in [4.69, 9.17) is 5.26 Å². The second kappa shape index (κ2) is 7.09. The monoisotopic (exact) mass is 356 g/mol. The lowest BCUT2D eigenvalue weighted by atomic mass is 9.88. The van der Waals surface area contributed by atoms with Crippen molar-refractivity contribution in [3.05, 3.63) is 58.7 Å². The van der Waals surface area contributed by atoms with Crippen LogP contribution in [0.15, 0.2) is 36.4 Å². The van der Waals surface area contributed by atoms with Crippen molar-refractivity contribution in [2.75, 3.05) is 20.1 Å². The van der Waals surface area contributed by atoms with Gasteiger partial charge >= 0.3 is 0 Å². The molecule has 3 aromatic rings. The molecule has 0 saturated carbocycles. The Bertz CT molecular complexity index is 1050. The fraction of sp³-hybridized carbons (Fsp3) is 0.348. The Hall–Kier alpha value is -2.77. The van der Waals surface area contributed by atoms with E-state index in [1.54, 1.807) is 0 Å². The second-order valence-corrected chi connectivity index (χ2v) is 7.66. The fourth-order valence-electron chi connectivity index (χ4n) is 4.28. The van der Waals surface area contributed by atoms with Crippen molar-refractivity contribution in [3.8, 4) is 17.3 Å². The van der Waals surface area contributed by atoms with Crippen molar-refractivity contribution in [1.29, 1.82) is 5.26 Å². The number of piperidine rings is 1. The molecule has 1 aliphatic heterocycles. The maximum absolute atomic E-state index is 9.11. The van der Waals surface area contributed by atoms with Crippen LogP contribution in [0.5, 0.6) is 0 Å². The molecule has 1 aliphatic rings. The van der Waals surface area contributed by atoms with E-state index in [-0.39, 0.29) is 0 Å². The van der Waals surface area contributed by atoms with Gasteiger partial charge in [0.1, 0.15) is 0 Å². The van der Waals surface area contributed by atoms with Gasteiger partial charge in [0.25, 0.3) is 0 Å². The van der Waals surface area contributed by atoms with Crippen molar-refractivity contribution in [2.24, 2.45) is 0 Å². The Morgan fingerprint density at radius 1 is 1.15 bits per heavy atom. The highest BCUT2D eigenvalue weighted by Gasteiger charge is 2.22. The van der Waals surface area contributed by atoms with E-state index >= 15 is 0 Å². The van der Waals surface area contributed by atoms with Crippen molar-refractivity contribution in [1.82, 2.24) is 15.1 Å². The molecule has 0 aliphatic carbocycles. The summed E-state index contributed by atoms with van der Waals surface area (Å²) in [5.41, 5.74) is 7.18. The number of aromatic nitrogens is 2. The van der Waals surface area contributed by atoms with Crippen molar-refractivity contribution in [2.45, 2.75) is 32.6 Å².